The molecule has 0 amide bonds. The number of anilines is 1. The maximum Gasteiger partial charge on any atom is 0.214 e. The summed E-state index contributed by atoms with van der Waals surface area (Å²) in [5.41, 5.74) is 12.6. The number of fused-ring (bicyclic) bond motifs is 2. The molecule has 3 heterocycles. The highest BCUT2D eigenvalue weighted by Crippen LogP contribution is 2.51. The molecule has 1 atom stereocenters. The van der Waals surface area contributed by atoms with E-state index in [0.717, 1.165) is 59.4 Å². The Morgan fingerprint density at radius 1 is 1.09 bits per heavy atom. The van der Waals surface area contributed by atoms with Crippen molar-refractivity contribution >= 4 is 33.0 Å². The minimum absolute atomic E-state index is 0. The number of hydrogen-bond donors (Lipinski definition) is 1. The molecular weight excluding hydrogens is 438 g/mol. The van der Waals surface area contributed by atoms with Gasteiger partial charge in [0.25, 0.3) is 0 Å². The third-order valence-corrected chi connectivity index (χ3v) is 8.47. The van der Waals surface area contributed by atoms with Gasteiger partial charge in [-0.05, 0) is 48.8 Å². The highest BCUT2D eigenvalue weighted by molar-refractivity contribution is 7.20. The van der Waals surface area contributed by atoms with E-state index >= 15 is 0 Å². The van der Waals surface area contributed by atoms with E-state index in [1.807, 2.05) is 28.8 Å². The molecule has 0 unspecified atom stereocenters. The number of aromatic nitrogens is 3. The van der Waals surface area contributed by atoms with Crippen molar-refractivity contribution in [2.45, 2.75) is 39.7 Å². The first-order valence-corrected chi connectivity index (χ1v) is 11.9. The van der Waals surface area contributed by atoms with Gasteiger partial charge in [0.15, 0.2) is 0 Å². The quantitative estimate of drug-likeness (QED) is 0.400. The summed E-state index contributed by atoms with van der Waals surface area (Å²) in [6.07, 6.45) is 3.28. The Balaban J connectivity index is 0.00000216. The van der Waals surface area contributed by atoms with Crippen molar-refractivity contribution in [3.8, 4) is 11.3 Å². The van der Waals surface area contributed by atoms with E-state index in [9.17, 15) is 0 Å². The van der Waals surface area contributed by atoms with Gasteiger partial charge in [-0.3, -0.25) is 0 Å². The smallest absolute Gasteiger partial charge is 0.214 e. The maximum absolute atomic E-state index is 6.73. The summed E-state index contributed by atoms with van der Waals surface area (Å²) in [4.78, 5) is 8.16. The van der Waals surface area contributed by atoms with Gasteiger partial charge in [-0.1, -0.05) is 72.8 Å². The van der Waals surface area contributed by atoms with Crippen LogP contribution in [0.5, 0.6) is 0 Å². The Labute approximate surface area is 197 Å². The summed E-state index contributed by atoms with van der Waals surface area (Å²) in [7, 11) is 0. The molecule has 1 saturated heterocycles. The van der Waals surface area contributed by atoms with Crippen molar-refractivity contribution in [1.82, 2.24) is 14.6 Å². The normalized spacial score (nSPS) is 19.3. The third kappa shape index (κ3) is 3.16. The third-order valence-electron chi connectivity index (χ3n) is 7.17. The van der Waals surface area contributed by atoms with Gasteiger partial charge < -0.3 is 10.6 Å². The molecule has 0 bridgehead atoms. The second-order valence-electron chi connectivity index (χ2n) is 8.81. The zero-order chi connectivity index (χ0) is 21.2. The number of nitrogens with zero attached hydrogens (tertiary/aromatic N) is 4. The van der Waals surface area contributed by atoms with E-state index < -0.39 is 0 Å². The molecule has 2 aromatic carbocycles. The molecule has 1 spiro atoms. The van der Waals surface area contributed by atoms with Gasteiger partial charge in [-0.2, -0.15) is 0 Å². The van der Waals surface area contributed by atoms with Crippen LogP contribution in [0.1, 0.15) is 43.1 Å². The average Bonchev–Trinajstić information content (AvgIpc) is 3.42. The van der Waals surface area contributed by atoms with E-state index in [2.05, 4.69) is 36.1 Å². The molecule has 7 heteroatoms. The number of imidazole rings is 1. The maximum atomic E-state index is 6.73. The molecule has 2 aromatic heterocycles. The van der Waals surface area contributed by atoms with Gasteiger partial charge in [0.2, 0.25) is 10.1 Å². The van der Waals surface area contributed by atoms with Crippen molar-refractivity contribution in [3.05, 3.63) is 70.4 Å². The lowest BCUT2D eigenvalue weighted by Gasteiger charge is -2.42. The van der Waals surface area contributed by atoms with Gasteiger partial charge in [-0.15, -0.1) is 5.10 Å². The molecule has 1 aliphatic carbocycles. The Morgan fingerprint density at radius 2 is 1.81 bits per heavy atom. The van der Waals surface area contributed by atoms with Crippen LogP contribution in [0.3, 0.4) is 0 Å². The summed E-state index contributed by atoms with van der Waals surface area (Å²) in [5.74, 6) is 0. The van der Waals surface area contributed by atoms with Crippen molar-refractivity contribution in [1.29, 1.82) is 0 Å². The molecule has 2 N–H and O–H groups in total. The SMILES string of the molecule is C.Cc1c(-c2ccccc2Cl)nc2sc(N3CCC4(CC3)Cc3ccccc3[C@H]4N)nn12. The Kier molecular flexibility index (Phi) is 5.27. The first-order chi connectivity index (χ1) is 15.1. The first kappa shape index (κ1) is 21.4. The number of hydrogen-bond acceptors (Lipinski definition) is 5. The summed E-state index contributed by atoms with van der Waals surface area (Å²) < 4.78 is 1.96. The standard InChI is InChI=1S/C24H24ClN5S.CH4/c1-15-20(18-8-4-5-9-19(18)25)27-22-30(15)28-23(31-22)29-12-10-24(11-13-29)14-16-6-2-3-7-17(16)21(24)26;/h2-9,21H,10-14,26H2,1H3;1H4/t21-;/m1./s1. The van der Waals surface area contributed by atoms with Crippen LogP contribution in [0.15, 0.2) is 48.5 Å². The molecule has 5 nitrogen and oxygen atoms in total. The Morgan fingerprint density at radius 3 is 2.53 bits per heavy atom. The topological polar surface area (TPSA) is 59.5 Å². The molecule has 1 aliphatic heterocycles. The number of nitrogens with two attached hydrogens (primary N) is 1. The highest BCUT2D eigenvalue weighted by Gasteiger charge is 2.46. The van der Waals surface area contributed by atoms with Crippen LogP contribution in [0.25, 0.3) is 16.2 Å². The number of rotatable bonds is 2. The zero-order valence-corrected chi connectivity index (χ0v) is 19.0. The average molecular weight is 466 g/mol. The Bertz CT molecular complexity index is 1280. The van der Waals surface area contributed by atoms with E-state index in [0.29, 0.717) is 5.02 Å². The lowest BCUT2D eigenvalue weighted by molar-refractivity contribution is 0.187. The number of aryl methyl sites for hydroxylation is 1. The van der Waals surface area contributed by atoms with E-state index in [1.54, 1.807) is 11.3 Å². The van der Waals surface area contributed by atoms with Crippen molar-refractivity contribution in [2.24, 2.45) is 11.1 Å². The second-order valence-corrected chi connectivity index (χ2v) is 10.1. The van der Waals surface area contributed by atoms with Crippen LogP contribution >= 0.6 is 22.9 Å². The molecule has 1 fully saturated rings. The van der Waals surface area contributed by atoms with E-state index in [-0.39, 0.29) is 18.9 Å². The van der Waals surface area contributed by atoms with Crippen LogP contribution in [-0.4, -0.2) is 27.7 Å². The molecule has 166 valence electrons. The lowest BCUT2D eigenvalue weighted by atomic mass is 9.73. The minimum Gasteiger partial charge on any atom is -0.347 e. The van der Waals surface area contributed by atoms with Crippen molar-refractivity contribution in [3.63, 3.8) is 0 Å². The molecule has 32 heavy (non-hydrogen) atoms. The van der Waals surface area contributed by atoms with Gasteiger partial charge in [0.05, 0.1) is 16.4 Å². The molecular formula is C25H28ClN5S. The van der Waals surface area contributed by atoms with Crippen LogP contribution in [0.4, 0.5) is 5.13 Å². The summed E-state index contributed by atoms with van der Waals surface area (Å²) in [6, 6.07) is 16.7. The first-order valence-electron chi connectivity index (χ1n) is 10.8. The van der Waals surface area contributed by atoms with Gasteiger partial charge >= 0.3 is 0 Å². The fraction of sp³-hybridized carbons (Fsp3) is 0.360. The van der Waals surface area contributed by atoms with Gasteiger partial charge in [0.1, 0.15) is 0 Å². The highest BCUT2D eigenvalue weighted by atomic mass is 35.5. The predicted octanol–water partition coefficient (Wildman–Crippen LogP) is 5.90. The molecule has 0 saturated carbocycles. The van der Waals surface area contributed by atoms with E-state index in [1.165, 1.54) is 11.1 Å². The monoisotopic (exact) mass is 465 g/mol. The molecule has 4 aromatic rings. The van der Waals surface area contributed by atoms with Crippen molar-refractivity contribution < 1.29 is 0 Å². The number of piperidine rings is 1. The molecule has 0 radical (unpaired) electrons. The van der Waals surface area contributed by atoms with E-state index in [4.69, 9.17) is 27.4 Å². The number of benzene rings is 2. The Hall–Kier alpha value is -2.41. The fourth-order valence-corrected chi connectivity index (χ4v) is 6.55. The summed E-state index contributed by atoms with van der Waals surface area (Å²) in [6.45, 7) is 4.02. The van der Waals surface area contributed by atoms with Crippen LogP contribution in [-0.2, 0) is 6.42 Å². The minimum atomic E-state index is 0. The number of halogens is 1. The second kappa shape index (κ2) is 7.87. The summed E-state index contributed by atoms with van der Waals surface area (Å²) in [5, 5.41) is 6.66. The molecule has 6 rings (SSSR count). The predicted molar refractivity (Wildman–Crippen MR) is 134 cm³/mol. The van der Waals surface area contributed by atoms with Gasteiger partial charge in [0, 0.05) is 24.7 Å². The van der Waals surface area contributed by atoms with Gasteiger partial charge in [-0.25, -0.2) is 9.50 Å². The fourth-order valence-electron chi connectivity index (χ4n) is 5.32. The van der Waals surface area contributed by atoms with Crippen LogP contribution < -0.4 is 10.6 Å². The largest absolute Gasteiger partial charge is 0.347 e. The van der Waals surface area contributed by atoms with Crippen LogP contribution in [0.2, 0.25) is 5.02 Å². The zero-order valence-electron chi connectivity index (χ0n) is 17.4. The lowest BCUT2D eigenvalue weighted by Crippen LogP contribution is -2.44. The van der Waals surface area contributed by atoms with Crippen molar-refractivity contribution in [2.75, 3.05) is 18.0 Å². The van der Waals surface area contributed by atoms with Crippen LogP contribution in [0, 0.1) is 12.3 Å². The summed E-state index contributed by atoms with van der Waals surface area (Å²) >= 11 is 8.05. The molecule has 2 aliphatic rings.